The van der Waals surface area contributed by atoms with Crippen molar-refractivity contribution in [2.45, 2.75) is 12.5 Å². The lowest BCUT2D eigenvalue weighted by molar-refractivity contribution is -0.141. The Morgan fingerprint density at radius 3 is 2.11 bits per heavy atom. The van der Waals surface area contributed by atoms with E-state index < -0.39 is 6.04 Å². The maximum absolute atomic E-state index is 12.5. The van der Waals surface area contributed by atoms with Gasteiger partial charge in [-0.05, 0) is 29.8 Å². The molecule has 140 valence electrons. The second-order valence-electron chi connectivity index (χ2n) is 6.61. The number of hydrogen-bond donors (Lipinski definition) is 2. The fourth-order valence-electron chi connectivity index (χ4n) is 3.37. The van der Waals surface area contributed by atoms with Gasteiger partial charge in [-0.1, -0.05) is 48.5 Å². The maximum Gasteiger partial charge on any atom is 0.328 e. The number of ether oxygens (including phenoxy) is 1. The summed E-state index contributed by atoms with van der Waals surface area (Å²) in [5.74, 6) is -0.157. The van der Waals surface area contributed by atoms with Gasteiger partial charge in [0.1, 0.15) is 11.8 Å². The Balaban J connectivity index is 1.79. The van der Waals surface area contributed by atoms with Crippen molar-refractivity contribution in [3.63, 3.8) is 0 Å². The molecule has 4 rings (SSSR count). The van der Waals surface area contributed by atoms with Gasteiger partial charge in [-0.15, -0.1) is 0 Å². The number of aromatic hydroxyl groups is 1. The minimum Gasteiger partial charge on any atom is -0.508 e. The molecule has 0 amide bonds. The molecule has 3 aromatic carbocycles. The maximum atomic E-state index is 12.5. The van der Waals surface area contributed by atoms with Gasteiger partial charge in [-0.3, -0.25) is 0 Å². The molecule has 0 saturated heterocycles. The highest BCUT2D eigenvalue weighted by atomic mass is 16.5. The van der Waals surface area contributed by atoms with E-state index in [9.17, 15) is 9.90 Å². The Kier molecular flexibility index (Phi) is 4.81. The molecule has 4 aromatic rings. The third-order valence-electron chi connectivity index (χ3n) is 4.77. The monoisotopic (exact) mass is 372 g/mol. The van der Waals surface area contributed by atoms with Gasteiger partial charge in [-0.25, -0.2) is 9.78 Å². The molecular formula is C23H20N2O3. The van der Waals surface area contributed by atoms with Crippen molar-refractivity contribution in [3.05, 3.63) is 78.4 Å². The second kappa shape index (κ2) is 7.56. The van der Waals surface area contributed by atoms with E-state index in [0.29, 0.717) is 6.42 Å². The summed E-state index contributed by atoms with van der Waals surface area (Å²) in [7, 11) is 1.39. The number of anilines is 1. The first kappa shape index (κ1) is 17.8. The Bertz CT molecular complexity index is 1090. The Morgan fingerprint density at radius 2 is 1.54 bits per heavy atom. The first-order valence-corrected chi connectivity index (χ1v) is 9.05. The van der Waals surface area contributed by atoms with Crippen LogP contribution in [0.1, 0.15) is 5.56 Å². The van der Waals surface area contributed by atoms with Crippen LogP contribution >= 0.6 is 0 Å². The summed E-state index contributed by atoms with van der Waals surface area (Å²) in [6.07, 6.45) is 0.429. The number of phenols is 1. The Morgan fingerprint density at radius 1 is 0.964 bits per heavy atom. The molecule has 1 atom stereocenters. The second-order valence-corrected chi connectivity index (χ2v) is 6.61. The van der Waals surface area contributed by atoms with Crippen molar-refractivity contribution in [2.24, 2.45) is 0 Å². The van der Waals surface area contributed by atoms with Crippen molar-refractivity contribution in [1.29, 1.82) is 0 Å². The highest BCUT2D eigenvalue weighted by molar-refractivity contribution is 6.08. The predicted molar refractivity (Wildman–Crippen MR) is 110 cm³/mol. The minimum atomic E-state index is -0.580. The molecule has 5 heteroatoms. The number of nitrogens with one attached hydrogen (secondary N) is 1. The molecule has 1 aromatic heterocycles. The smallest absolute Gasteiger partial charge is 0.328 e. The van der Waals surface area contributed by atoms with Crippen molar-refractivity contribution in [2.75, 3.05) is 12.4 Å². The molecule has 0 saturated carbocycles. The fourth-order valence-corrected chi connectivity index (χ4v) is 3.37. The molecular weight excluding hydrogens is 352 g/mol. The third kappa shape index (κ3) is 3.47. The number of carbonyl (C=O) groups excluding carboxylic acids is 1. The van der Waals surface area contributed by atoms with Crippen molar-refractivity contribution in [1.82, 2.24) is 4.98 Å². The predicted octanol–water partition coefficient (Wildman–Crippen LogP) is 4.29. The number of phenolic OH excluding ortho intramolecular Hbond substituents is 1. The zero-order valence-electron chi connectivity index (χ0n) is 15.4. The normalized spacial score (nSPS) is 12.0. The Hall–Kier alpha value is -3.60. The van der Waals surface area contributed by atoms with Crippen LogP contribution in [0.5, 0.6) is 5.75 Å². The highest BCUT2D eigenvalue weighted by Gasteiger charge is 2.22. The van der Waals surface area contributed by atoms with Gasteiger partial charge >= 0.3 is 5.97 Å². The summed E-state index contributed by atoms with van der Waals surface area (Å²) >= 11 is 0. The van der Waals surface area contributed by atoms with E-state index in [0.717, 1.165) is 33.1 Å². The molecule has 0 spiro atoms. The first-order chi connectivity index (χ1) is 13.7. The van der Waals surface area contributed by atoms with Gasteiger partial charge in [0, 0.05) is 17.2 Å². The number of para-hydroxylation sites is 2. The number of esters is 1. The number of fused-ring (bicyclic) bond motifs is 2. The number of methoxy groups -OCH3 is 1. The molecule has 2 N–H and O–H groups in total. The van der Waals surface area contributed by atoms with Crippen LogP contribution in [-0.2, 0) is 16.0 Å². The molecule has 1 heterocycles. The quantitative estimate of drug-likeness (QED) is 0.404. The minimum absolute atomic E-state index is 0.192. The number of benzene rings is 3. The van der Waals surface area contributed by atoms with Crippen LogP contribution in [0.15, 0.2) is 72.8 Å². The number of aromatic nitrogens is 1. The summed E-state index contributed by atoms with van der Waals surface area (Å²) in [5, 5.41) is 14.8. The molecule has 5 nitrogen and oxygen atoms in total. The summed E-state index contributed by atoms with van der Waals surface area (Å²) in [5.41, 5.74) is 3.49. The van der Waals surface area contributed by atoms with Crippen LogP contribution in [0.25, 0.3) is 21.8 Å². The Labute approximate surface area is 162 Å². The zero-order valence-corrected chi connectivity index (χ0v) is 15.4. The van der Waals surface area contributed by atoms with E-state index in [1.807, 2.05) is 48.5 Å². The summed E-state index contributed by atoms with van der Waals surface area (Å²) in [6, 6.07) is 22.0. The van der Waals surface area contributed by atoms with Crippen LogP contribution in [0.2, 0.25) is 0 Å². The van der Waals surface area contributed by atoms with Gasteiger partial charge in [-0.2, -0.15) is 0 Å². The molecule has 0 aliphatic rings. The number of pyridine rings is 1. The first-order valence-electron chi connectivity index (χ1n) is 9.05. The van der Waals surface area contributed by atoms with Gasteiger partial charge in [0.15, 0.2) is 0 Å². The standard InChI is InChI=1S/C23H20N2O3/c1-28-23(27)21(14-15-10-12-16(26)13-11-15)25-22-17-6-2-4-8-19(17)24-20-9-5-3-7-18(20)22/h2-13,21,26H,14H2,1H3,(H,24,25)/t21-/m0/s1. The third-order valence-corrected chi connectivity index (χ3v) is 4.77. The molecule has 0 fully saturated rings. The number of hydrogen-bond acceptors (Lipinski definition) is 5. The molecule has 0 aliphatic carbocycles. The average molecular weight is 372 g/mol. The molecule has 28 heavy (non-hydrogen) atoms. The van der Waals surface area contributed by atoms with Crippen molar-refractivity contribution in [3.8, 4) is 5.75 Å². The number of nitrogens with zero attached hydrogens (tertiary/aromatic N) is 1. The lowest BCUT2D eigenvalue weighted by Gasteiger charge is -2.20. The van der Waals surface area contributed by atoms with Crippen LogP contribution in [-0.4, -0.2) is 29.2 Å². The summed E-state index contributed by atoms with van der Waals surface area (Å²) < 4.78 is 5.04. The number of rotatable bonds is 5. The zero-order chi connectivity index (χ0) is 19.5. The van der Waals surface area contributed by atoms with Crippen LogP contribution in [0, 0.1) is 0 Å². The average Bonchev–Trinajstić information content (AvgIpc) is 2.73. The van der Waals surface area contributed by atoms with Crippen LogP contribution in [0.4, 0.5) is 5.69 Å². The summed E-state index contributed by atoms with van der Waals surface area (Å²) in [4.78, 5) is 17.2. The van der Waals surface area contributed by atoms with E-state index in [-0.39, 0.29) is 11.7 Å². The lowest BCUT2D eigenvalue weighted by atomic mass is 10.0. The van der Waals surface area contributed by atoms with Crippen LogP contribution < -0.4 is 5.32 Å². The fraction of sp³-hybridized carbons (Fsp3) is 0.130. The van der Waals surface area contributed by atoms with E-state index in [4.69, 9.17) is 9.72 Å². The lowest BCUT2D eigenvalue weighted by Crippen LogP contribution is -2.33. The van der Waals surface area contributed by atoms with Gasteiger partial charge in [0.05, 0.1) is 23.8 Å². The highest BCUT2D eigenvalue weighted by Crippen LogP contribution is 2.31. The topological polar surface area (TPSA) is 71.5 Å². The largest absolute Gasteiger partial charge is 0.508 e. The molecule has 0 bridgehead atoms. The molecule has 0 unspecified atom stereocenters. The van der Waals surface area contributed by atoms with E-state index in [2.05, 4.69) is 5.32 Å². The van der Waals surface area contributed by atoms with Gasteiger partial charge in [0.2, 0.25) is 0 Å². The van der Waals surface area contributed by atoms with E-state index in [1.54, 1.807) is 24.3 Å². The van der Waals surface area contributed by atoms with Gasteiger partial charge < -0.3 is 15.2 Å². The number of carbonyl (C=O) groups is 1. The van der Waals surface area contributed by atoms with Crippen molar-refractivity contribution < 1.29 is 14.6 Å². The SMILES string of the molecule is COC(=O)[C@H](Cc1ccc(O)cc1)Nc1c2ccccc2nc2ccccc12. The van der Waals surface area contributed by atoms with Crippen molar-refractivity contribution >= 4 is 33.5 Å². The molecule has 0 aliphatic heterocycles. The molecule has 0 radical (unpaired) electrons. The van der Waals surface area contributed by atoms with E-state index >= 15 is 0 Å². The van der Waals surface area contributed by atoms with Crippen LogP contribution in [0.3, 0.4) is 0 Å². The van der Waals surface area contributed by atoms with Gasteiger partial charge in [0.25, 0.3) is 0 Å². The van der Waals surface area contributed by atoms with E-state index in [1.165, 1.54) is 7.11 Å². The summed E-state index contributed by atoms with van der Waals surface area (Å²) in [6.45, 7) is 0.